The summed E-state index contributed by atoms with van der Waals surface area (Å²) in [6.07, 6.45) is 7.71. The fourth-order valence-corrected chi connectivity index (χ4v) is 5.17. The number of ether oxygens (including phenoxy) is 2. The van der Waals surface area contributed by atoms with Gasteiger partial charge in [-0.15, -0.1) is 0 Å². The van der Waals surface area contributed by atoms with E-state index in [-0.39, 0.29) is 6.54 Å². The molecular formula is C29H31NO4. The Hall–Kier alpha value is -3.60. The predicted octanol–water partition coefficient (Wildman–Crippen LogP) is 6.51. The third kappa shape index (κ3) is 4.30. The third-order valence-corrected chi connectivity index (χ3v) is 6.80. The summed E-state index contributed by atoms with van der Waals surface area (Å²) in [5, 5.41) is 1.09. The van der Waals surface area contributed by atoms with E-state index >= 15 is 0 Å². The van der Waals surface area contributed by atoms with Crippen molar-refractivity contribution in [1.82, 2.24) is 4.57 Å². The number of carbonyl (C=O) groups excluding carboxylic acids is 2. The number of benzene rings is 2. The Morgan fingerprint density at radius 3 is 2.47 bits per heavy atom. The smallest absolute Gasteiger partial charge is 0.337 e. The standard InChI is InChI=1S/C29H31NO4/c1-5-20-11-9-10-14-23(20)27-26(21-12-7-6-8-13-21)24-16-15-22(29(32)34-4)17-25(24)30(27)18-19(2)28(31)33-3/h5,9-11,14-17,21H,1-2,6-8,12-13,18H2,3-4H3. The molecule has 1 aliphatic carbocycles. The van der Waals surface area contributed by atoms with E-state index in [1.165, 1.54) is 39.0 Å². The monoisotopic (exact) mass is 457 g/mol. The minimum atomic E-state index is -0.451. The fraction of sp³-hybridized carbons (Fsp3) is 0.310. The van der Waals surface area contributed by atoms with Gasteiger partial charge in [0.05, 0.1) is 32.0 Å². The Morgan fingerprint density at radius 2 is 1.79 bits per heavy atom. The number of esters is 2. The van der Waals surface area contributed by atoms with Gasteiger partial charge in [-0.3, -0.25) is 0 Å². The van der Waals surface area contributed by atoms with E-state index in [9.17, 15) is 9.59 Å². The van der Waals surface area contributed by atoms with Gasteiger partial charge in [-0.1, -0.05) is 68.8 Å². The normalized spacial score (nSPS) is 14.1. The summed E-state index contributed by atoms with van der Waals surface area (Å²) >= 11 is 0. The molecule has 1 saturated carbocycles. The molecule has 1 aliphatic rings. The van der Waals surface area contributed by atoms with Gasteiger partial charge in [-0.25, -0.2) is 9.59 Å². The summed E-state index contributed by atoms with van der Waals surface area (Å²) < 4.78 is 12.0. The second kappa shape index (κ2) is 10.1. The summed E-state index contributed by atoms with van der Waals surface area (Å²) in [7, 11) is 2.74. The van der Waals surface area contributed by atoms with Gasteiger partial charge >= 0.3 is 11.9 Å². The lowest BCUT2D eigenvalue weighted by Crippen LogP contribution is -2.13. The van der Waals surface area contributed by atoms with E-state index < -0.39 is 11.9 Å². The highest BCUT2D eigenvalue weighted by Crippen LogP contribution is 2.45. The summed E-state index contributed by atoms with van der Waals surface area (Å²) in [5.74, 6) is -0.456. The van der Waals surface area contributed by atoms with Crippen molar-refractivity contribution in [3.63, 3.8) is 0 Å². The Balaban J connectivity index is 2.07. The van der Waals surface area contributed by atoms with Gasteiger partial charge in [-0.2, -0.15) is 0 Å². The highest BCUT2D eigenvalue weighted by Gasteiger charge is 2.28. The molecule has 0 unspecified atom stereocenters. The van der Waals surface area contributed by atoms with Crippen LogP contribution in [-0.2, 0) is 20.8 Å². The summed E-state index contributed by atoms with van der Waals surface area (Å²) in [6.45, 7) is 8.28. The van der Waals surface area contributed by atoms with Crippen LogP contribution < -0.4 is 0 Å². The molecule has 5 heteroatoms. The van der Waals surface area contributed by atoms with Crippen LogP contribution in [0.25, 0.3) is 28.2 Å². The molecule has 2 aromatic carbocycles. The maximum atomic E-state index is 12.4. The quantitative estimate of drug-likeness (QED) is 0.300. The van der Waals surface area contributed by atoms with Crippen LogP contribution in [0.3, 0.4) is 0 Å². The van der Waals surface area contributed by atoms with E-state index in [1.807, 2.05) is 42.5 Å². The molecule has 1 fully saturated rings. The summed E-state index contributed by atoms with van der Waals surface area (Å²) in [5.41, 5.74) is 6.06. The number of nitrogens with zero attached hydrogens (tertiary/aromatic N) is 1. The van der Waals surface area contributed by atoms with Gasteiger partial charge in [0.25, 0.3) is 0 Å². The zero-order valence-electron chi connectivity index (χ0n) is 19.9. The molecular weight excluding hydrogens is 426 g/mol. The Kier molecular flexibility index (Phi) is 7.01. The molecule has 3 aromatic rings. The lowest BCUT2D eigenvalue weighted by Gasteiger charge is -2.24. The van der Waals surface area contributed by atoms with Crippen LogP contribution >= 0.6 is 0 Å². The maximum absolute atomic E-state index is 12.4. The SMILES string of the molecule is C=Cc1ccccc1-c1c(C2CCCCC2)c2ccc(C(=O)OC)cc2n1CC(=C)C(=O)OC. The van der Waals surface area contributed by atoms with Crippen molar-refractivity contribution < 1.29 is 19.1 Å². The van der Waals surface area contributed by atoms with Crippen molar-refractivity contribution in [3.8, 4) is 11.3 Å². The number of carbonyl (C=O) groups is 2. The highest BCUT2D eigenvalue weighted by atomic mass is 16.5. The Labute approximate surface area is 200 Å². The number of hydrogen-bond donors (Lipinski definition) is 0. The molecule has 0 aliphatic heterocycles. The minimum absolute atomic E-state index is 0.251. The van der Waals surface area contributed by atoms with Gasteiger partial charge < -0.3 is 14.0 Å². The first-order chi connectivity index (χ1) is 16.5. The Morgan fingerprint density at radius 1 is 1.06 bits per heavy atom. The van der Waals surface area contributed by atoms with Crippen LogP contribution in [-0.4, -0.2) is 30.7 Å². The zero-order valence-corrected chi connectivity index (χ0v) is 19.9. The van der Waals surface area contributed by atoms with Crippen molar-refractivity contribution in [1.29, 1.82) is 0 Å². The van der Waals surface area contributed by atoms with E-state index in [1.54, 1.807) is 0 Å². The van der Waals surface area contributed by atoms with E-state index in [0.717, 1.165) is 40.6 Å². The maximum Gasteiger partial charge on any atom is 0.337 e. The molecule has 4 rings (SSSR count). The second-order valence-electron chi connectivity index (χ2n) is 8.79. The van der Waals surface area contributed by atoms with Crippen LogP contribution in [0, 0.1) is 0 Å². The molecule has 0 radical (unpaired) electrons. The summed E-state index contributed by atoms with van der Waals surface area (Å²) in [6, 6.07) is 13.9. The highest BCUT2D eigenvalue weighted by molar-refractivity contribution is 6.00. The van der Waals surface area contributed by atoms with E-state index in [2.05, 4.69) is 23.8 Å². The van der Waals surface area contributed by atoms with Crippen LogP contribution in [0.5, 0.6) is 0 Å². The van der Waals surface area contributed by atoms with E-state index in [0.29, 0.717) is 17.1 Å². The molecule has 0 bridgehead atoms. The number of methoxy groups -OCH3 is 2. The first-order valence-electron chi connectivity index (χ1n) is 11.7. The van der Waals surface area contributed by atoms with Crippen LogP contribution in [0.2, 0.25) is 0 Å². The van der Waals surface area contributed by atoms with Gasteiger partial charge in [0.2, 0.25) is 0 Å². The van der Waals surface area contributed by atoms with Gasteiger partial charge in [-0.05, 0) is 42.0 Å². The van der Waals surface area contributed by atoms with Gasteiger partial charge in [0.1, 0.15) is 0 Å². The average molecular weight is 458 g/mol. The Bertz CT molecular complexity index is 1260. The molecule has 34 heavy (non-hydrogen) atoms. The number of aromatic nitrogens is 1. The molecule has 0 amide bonds. The lowest BCUT2D eigenvalue weighted by atomic mass is 9.81. The second-order valence-corrected chi connectivity index (χ2v) is 8.79. The van der Waals surface area contributed by atoms with Crippen LogP contribution in [0.15, 0.2) is 61.2 Å². The van der Waals surface area contributed by atoms with Crippen molar-refractivity contribution >= 4 is 28.9 Å². The average Bonchev–Trinajstić information content (AvgIpc) is 3.20. The number of rotatable bonds is 7. The lowest BCUT2D eigenvalue weighted by molar-refractivity contribution is -0.136. The third-order valence-electron chi connectivity index (χ3n) is 6.80. The molecule has 1 heterocycles. The van der Waals surface area contributed by atoms with Gasteiger partial charge in [0, 0.05) is 22.0 Å². The molecule has 0 atom stereocenters. The van der Waals surface area contributed by atoms with Gasteiger partial charge in [0.15, 0.2) is 0 Å². The predicted molar refractivity (Wildman–Crippen MR) is 136 cm³/mol. The minimum Gasteiger partial charge on any atom is -0.466 e. The molecule has 0 spiro atoms. The van der Waals surface area contributed by atoms with Crippen molar-refractivity contribution in [3.05, 3.63) is 77.9 Å². The number of fused-ring (bicyclic) bond motifs is 1. The molecule has 176 valence electrons. The number of hydrogen-bond acceptors (Lipinski definition) is 4. The van der Waals surface area contributed by atoms with Crippen molar-refractivity contribution in [2.24, 2.45) is 0 Å². The molecule has 5 nitrogen and oxygen atoms in total. The fourth-order valence-electron chi connectivity index (χ4n) is 5.17. The summed E-state index contributed by atoms with van der Waals surface area (Å²) in [4.78, 5) is 24.7. The largest absolute Gasteiger partial charge is 0.466 e. The first kappa shape index (κ1) is 23.6. The van der Waals surface area contributed by atoms with Crippen LogP contribution in [0.4, 0.5) is 0 Å². The van der Waals surface area contributed by atoms with Crippen LogP contribution in [0.1, 0.15) is 59.5 Å². The van der Waals surface area contributed by atoms with Crippen molar-refractivity contribution in [2.45, 2.75) is 44.6 Å². The first-order valence-corrected chi connectivity index (χ1v) is 11.7. The molecule has 0 saturated heterocycles. The van der Waals surface area contributed by atoms with Crippen molar-refractivity contribution in [2.75, 3.05) is 14.2 Å². The molecule has 1 aromatic heterocycles. The topological polar surface area (TPSA) is 57.5 Å². The van der Waals surface area contributed by atoms with E-state index in [4.69, 9.17) is 9.47 Å². The zero-order chi connectivity index (χ0) is 24.2. The molecule has 0 N–H and O–H groups in total.